The first-order valence-electron chi connectivity index (χ1n) is 8.40. The van der Waals surface area contributed by atoms with Gasteiger partial charge in [-0.15, -0.1) is 22.7 Å². The van der Waals surface area contributed by atoms with Crippen LogP contribution in [0.1, 0.15) is 26.8 Å². The van der Waals surface area contributed by atoms with Crippen molar-refractivity contribution in [2.24, 2.45) is 0 Å². The molecule has 7 heteroatoms. The fraction of sp³-hybridized carbons (Fsp3) is 0.0500. The average molecular weight is 390 g/mol. The maximum Gasteiger partial charge on any atom is 0.262 e. The molecule has 5 nitrogen and oxygen atoms in total. The number of hydrogen-bond donors (Lipinski definition) is 1. The molecule has 132 valence electrons. The number of amides is 1. The molecule has 4 heterocycles. The Balaban J connectivity index is 1.50. The minimum Gasteiger partial charge on any atom is -0.340 e. The van der Waals surface area contributed by atoms with Crippen LogP contribution >= 0.6 is 22.7 Å². The predicted octanol–water partition coefficient (Wildman–Crippen LogP) is 4.52. The molecule has 1 aromatic carbocycles. The topological polar surface area (TPSA) is 59.3 Å². The van der Waals surface area contributed by atoms with Gasteiger partial charge in [0.1, 0.15) is 4.83 Å². The number of rotatable bonds is 4. The van der Waals surface area contributed by atoms with Crippen molar-refractivity contribution >= 4 is 43.9 Å². The lowest BCUT2D eigenvalue weighted by Crippen LogP contribution is -2.28. The van der Waals surface area contributed by atoms with Crippen LogP contribution in [0.15, 0.2) is 72.5 Å². The van der Waals surface area contributed by atoms with Crippen molar-refractivity contribution in [3.63, 3.8) is 0 Å². The number of hydrogen-bond acceptors (Lipinski definition) is 5. The largest absolute Gasteiger partial charge is 0.340 e. The van der Waals surface area contributed by atoms with Crippen molar-refractivity contribution in [1.29, 1.82) is 0 Å². The Morgan fingerprint density at radius 2 is 1.85 bits per heavy atom. The summed E-state index contributed by atoms with van der Waals surface area (Å²) in [5.41, 5.74) is 3.00. The van der Waals surface area contributed by atoms with Crippen LogP contribution in [0.5, 0.6) is 0 Å². The predicted molar refractivity (Wildman–Crippen MR) is 108 cm³/mol. The van der Waals surface area contributed by atoms with Crippen molar-refractivity contribution in [1.82, 2.24) is 19.7 Å². The van der Waals surface area contributed by atoms with E-state index in [-0.39, 0.29) is 11.9 Å². The van der Waals surface area contributed by atoms with Crippen LogP contribution in [-0.4, -0.2) is 20.3 Å². The Bertz CT molecular complexity index is 1180. The third kappa shape index (κ3) is 2.90. The lowest BCUT2D eigenvalue weighted by molar-refractivity contribution is 0.0947. The standard InChI is InChI=1S/C20H14N4OS2/c25-18(16-12-15-19(27-16)23-20-24(15)10-11-26-20)22-17(13-4-2-1-3-5-13)14-6-8-21-9-7-14/h1-12,17H,(H,22,25). The molecule has 0 bridgehead atoms. The molecular formula is C20H14N4OS2. The number of pyridine rings is 1. The molecular weight excluding hydrogens is 376 g/mol. The Morgan fingerprint density at radius 1 is 1.07 bits per heavy atom. The summed E-state index contributed by atoms with van der Waals surface area (Å²) in [6, 6.07) is 15.5. The summed E-state index contributed by atoms with van der Waals surface area (Å²) >= 11 is 3.01. The molecule has 5 rings (SSSR count). The number of benzene rings is 1. The first-order chi connectivity index (χ1) is 13.3. The number of thiazole rings is 1. The van der Waals surface area contributed by atoms with Crippen molar-refractivity contribution in [3.05, 3.63) is 88.5 Å². The van der Waals surface area contributed by atoms with Gasteiger partial charge in [0.15, 0.2) is 4.96 Å². The Kier molecular flexibility index (Phi) is 3.95. The van der Waals surface area contributed by atoms with Gasteiger partial charge in [-0.25, -0.2) is 4.98 Å². The van der Waals surface area contributed by atoms with Gasteiger partial charge in [-0.2, -0.15) is 0 Å². The molecule has 0 saturated heterocycles. The smallest absolute Gasteiger partial charge is 0.262 e. The zero-order chi connectivity index (χ0) is 18.2. The van der Waals surface area contributed by atoms with Gasteiger partial charge >= 0.3 is 0 Å². The van der Waals surface area contributed by atoms with Crippen LogP contribution in [-0.2, 0) is 0 Å². The van der Waals surface area contributed by atoms with Crippen LogP contribution in [0.2, 0.25) is 0 Å². The number of imidazole rings is 1. The summed E-state index contributed by atoms with van der Waals surface area (Å²) in [5.74, 6) is -0.104. The fourth-order valence-corrected chi connectivity index (χ4v) is 4.83. The summed E-state index contributed by atoms with van der Waals surface area (Å²) < 4.78 is 2.02. The highest BCUT2D eigenvalue weighted by Crippen LogP contribution is 2.29. The minimum absolute atomic E-state index is 0.104. The van der Waals surface area contributed by atoms with Crippen LogP contribution in [0, 0.1) is 0 Å². The zero-order valence-electron chi connectivity index (χ0n) is 14.1. The van der Waals surface area contributed by atoms with Crippen LogP contribution in [0.25, 0.3) is 15.3 Å². The van der Waals surface area contributed by atoms with Gasteiger partial charge in [0.05, 0.1) is 16.4 Å². The normalized spacial score (nSPS) is 12.4. The average Bonchev–Trinajstić information content (AvgIpc) is 3.39. The van der Waals surface area contributed by atoms with E-state index in [4.69, 9.17) is 0 Å². The maximum atomic E-state index is 13.0. The van der Waals surface area contributed by atoms with Crippen LogP contribution in [0.3, 0.4) is 0 Å². The Hall–Kier alpha value is -3.03. The van der Waals surface area contributed by atoms with Crippen molar-refractivity contribution in [2.45, 2.75) is 6.04 Å². The lowest BCUT2D eigenvalue weighted by atomic mass is 9.99. The van der Waals surface area contributed by atoms with E-state index in [1.807, 2.05) is 64.5 Å². The third-order valence-corrected chi connectivity index (χ3v) is 6.18. The van der Waals surface area contributed by atoms with Gasteiger partial charge in [0, 0.05) is 24.0 Å². The Morgan fingerprint density at radius 3 is 2.67 bits per heavy atom. The second-order valence-corrected chi connectivity index (χ2v) is 7.97. The molecule has 27 heavy (non-hydrogen) atoms. The molecule has 4 aromatic heterocycles. The van der Waals surface area contributed by atoms with Gasteiger partial charge in [-0.05, 0) is 29.3 Å². The molecule has 5 aromatic rings. The van der Waals surface area contributed by atoms with Crippen LogP contribution in [0.4, 0.5) is 0 Å². The highest BCUT2D eigenvalue weighted by atomic mass is 32.1. The molecule has 1 N–H and O–H groups in total. The van der Waals surface area contributed by atoms with Gasteiger partial charge in [0.25, 0.3) is 5.91 Å². The van der Waals surface area contributed by atoms with Crippen LogP contribution < -0.4 is 5.32 Å². The van der Waals surface area contributed by atoms with Gasteiger partial charge < -0.3 is 5.32 Å². The summed E-state index contributed by atoms with van der Waals surface area (Å²) in [5, 5.41) is 5.16. The van der Waals surface area contributed by atoms with E-state index >= 15 is 0 Å². The SMILES string of the molecule is O=C(NC(c1ccccc1)c1ccncc1)c1cc2c(nc3sccn32)s1. The Labute approximate surface area is 163 Å². The monoisotopic (exact) mass is 390 g/mol. The number of nitrogens with one attached hydrogen (secondary N) is 1. The molecule has 0 aliphatic heterocycles. The quantitative estimate of drug-likeness (QED) is 0.491. The molecule has 0 spiro atoms. The van der Waals surface area contributed by atoms with E-state index in [2.05, 4.69) is 15.3 Å². The van der Waals surface area contributed by atoms with E-state index in [1.165, 1.54) is 11.3 Å². The third-order valence-electron chi connectivity index (χ3n) is 4.41. The van der Waals surface area contributed by atoms with E-state index in [0.717, 1.165) is 26.4 Å². The number of nitrogens with zero attached hydrogens (tertiary/aromatic N) is 3. The van der Waals surface area contributed by atoms with Gasteiger partial charge in [-0.1, -0.05) is 30.3 Å². The molecule has 0 radical (unpaired) electrons. The molecule has 1 atom stereocenters. The second kappa shape index (κ2) is 6.61. The summed E-state index contributed by atoms with van der Waals surface area (Å²) in [6.45, 7) is 0. The van der Waals surface area contributed by atoms with E-state index in [1.54, 1.807) is 23.7 Å². The lowest BCUT2D eigenvalue weighted by Gasteiger charge is -2.19. The van der Waals surface area contributed by atoms with Gasteiger partial charge in [-0.3, -0.25) is 14.2 Å². The number of fused-ring (bicyclic) bond motifs is 3. The molecule has 0 aliphatic carbocycles. The highest BCUT2D eigenvalue weighted by molar-refractivity contribution is 7.21. The molecule has 1 unspecified atom stereocenters. The summed E-state index contributed by atoms with van der Waals surface area (Å²) in [7, 11) is 0. The number of carbonyl (C=O) groups is 1. The number of carbonyl (C=O) groups excluding carboxylic acids is 1. The molecule has 1 amide bonds. The highest BCUT2D eigenvalue weighted by Gasteiger charge is 2.20. The molecule has 0 saturated carbocycles. The number of thiophene rings is 1. The summed E-state index contributed by atoms with van der Waals surface area (Å²) in [6.07, 6.45) is 5.46. The first-order valence-corrected chi connectivity index (χ1v) is 10.1. The maximum absolute atomic E-state index is 13.0. The first kappa shape index (κ1) is 16.2. The van der Waals surface area contributed by atoms with Crippen molar-refractivity contribution in [2.75, 3.05) is 0 Å². The molecule has 0 fully saturated rings. The second-order valence-electron chi connectivity index (χ2n) is 6.07. The van der Waals surface area contributed by atoms with Crippen molar-refractivity contribution < 1.29 is 4.79 Å². The van der Waals surface area contributed by atoms with Gasteiger partial charge in [0.2, 0.25) is 0 Å². The summed E-state index contributed by atoms with van der Waals surface area (Å²) in [4.78, 5) is 24.1. The van der Waals surface area contributed by atoms with E-state index in [9.17, 15) is 4.79 Å². The minimum atomic E-state index is -0.236. The molecule has 0 aliphatic rings. The van der Waals surface area contributed by atoms with E-state index in [0.29, 0.717) is 4.88 Å². The number of aromatic nitrogens is 3. The zero-order valence-corrected chi connectivity index (χ0v) is 15.7. The fourth-order valence-electron chi connectivity index (χ4n) is 3.12. The van der Waals surface area contributed by atoms with E-state index < -0.39 is 0 Å². The van der Waals surface area contributed by atoms with Crippen molar-refractivity contribution in [3.8, 4) is 0 Å².